The first-order valence-electron chi connectivity index (χ1n) is 6.68. The van der Waals surface area contributed by atoms with Crippen molar-refractivity contribution in [2.75, 3.05) is 6.61 Å². The average molecular weight is 249 g/mol. The van der Waals surface area contributed by atoms with Gasteiger partial charge < -0.3 is 15.5 Å². The highest BCUT2D eigenvalue weighted by Gasteiger charge is 2.37. The fraction of sp³-hybridized carbons (Fsp3) is 0.600. The van der Waals surface area contributed by atoms with Crippen molar-refractivity contribution >= 4 is 0 Å². The smallest absolute Gasteiger partial charge is 0.122 e. The van der Waals surface area contributed by atoms with Gasteiger partial charge in [-0.1, -0.05) is 31.5 Å². The number of phenols is 1. The molecule has 1 aliphatic rings. The monoisotopic (exact) mass is 249 g/mol. The summed E-state index contributed by atoms with van der Waals surface area (Å²) in [5.74, 6) is 0.383. The molecule has 0 radical (unpaired) electrons. The van der Waals surface area contributed by atoms with Crippen LogP contribution in [0.4, 0.5) is 0 Å². The van der Waals surface area contributed by atoms with Crippen LogP contribution in [-0.2, 0) is 6.54 Å². The van der Waals surface area contributed by atoms with Crippen molar-refractivity contribution in [2.45, 2.75) is 45.7 Å². The van der Waals surface area contributed by atoms with Crippen molar-refractivity contribution in [1.29, 1.82) is 0 Å². The van der Waals surface area contributed by atoms with Gasteiger partial charge in [-0.15, -0.1) is 0 Å². The summed E-state index contributed by atoms with van der Waals surface area (Å²) in [6.45, 7) is 4.93. The summed E-state index contributed by atoms with van der Waals surface area (Å²) in [5, 5.41) is 23.0. The van der Waals surface area contributed by atoms with Crippen molar-refractivity contribution < 1.29 is 10.2 Å². The van der Waals surface area contributed by atoms with Crippen LogP contribution in [0.3, 0.4) is 0 Å². The fourth-order valence-electron chi connectivity index (χ4n) is 2.87. The average Bonchev–Trinajstić information content (AvgIpc) is 2.73. The Labute approximate surface area is 109 Å². The summed E-state index contributed by atoms with van der Waals surface area (Å²) in [7, 11) is 0. The lowest BCUT2D eigenvalue weighted by atomic mass is 9.85. The molecule has 0 spiro atoms. The lowest BCUT2D eigenvalue weighted by molar-refractivity contribution is 0.118. The molecule has 18 heavy (non-hydrogen) atoms. The van der Waals surface area contributed by atoms with Gasteiger partial charge in [-0.2, -0.15) is 0 Å². The van der Waals surface area contributed by atoms with Gasteiger partial charge in [-0.05, 0) is 25.3 Å². The van der Waals surface area contributed by atoms with E-state index >= 15 is 0 Å². The maximum absolute atomic E-state index is 9.97. The summed E-state index contributed by atoms with van der Waals surface area (Å²) in [6.07, 6.45) is 3.33. The summed E-state index contributed by atoms with van der Waals surface area (Å²) >= 11 is 0. The van der Waals surface area contributed by atoms with Crippen molar-refractivity contribution in [3.8, 4) is 5.75 Å². The third-order valence-electron chi connectivity index (χ3n) is 4.30. The number of hydrogen-bond acceptors (Lipinski definition) is 3. The third kappa shape index (κ3) is 2.52. The van der Waals surface area contributed by atoms with Crippen molar-refractivity contribution in [2.24, 2.45) is 5.41 Å². The van der Waals surface area contributed by atoms with Gasteiger partial charge in [0, 0.05) is 30.2 Å². The van der Waals surface area contributed by atoms with E-state index in [9.17, 15) is 10.2 Å². The first-order valence-corrected chi connectivity index (χ1v) is 6.68. The molecule has 2 unspecified atom stereocenters. The van der Waals surface area contributed by atoms with Gasteiger partial charge in [-0.3, -0.25) is 0 Å². The minimum atomic E-state index is -0.0144. The molecule has 0 bridgehead atoms. The van der Waals surface area contributed by atoms with Gasteiger partial charge in [0.05, 0.1) is 0 Å². The largest absolute Gasteiger partial charge is 0.507 e. The molecule has 1 aromatic carbocycles. The molecule has 2 atom stereocenters. The van der Waals surface area contributed by atoms with Crippen LogP contribution in [0, 0.1) is 12.3 Å². The molecule has 100 valence electrons. The Kier molecular flexibility index (Phi) is 3.93. The van der Waals surface area contributed by atoms with Crippen LogP contribution in [0.1, 0.15) is 37.3 Å². The zero-order chi connectivity index (χ0) is 13.2. The lowest BCUT2D eigenvalue weighted by Gasteiger charge is -2.30. The lowest BCUT2D eigenvalue weighted by Crippen LogP contribution is -2.41. The molecule has 3 heteroatoms. The third-order valence-corrected chi connectivity index (χ3v) is 4.30. The molecule has 0 aromatic heterocycles. The molecule has 1 aliphatic carbocycles. The second-order valence-corrected chi connectivity index (χ2v) is 5.72. The van der Waals surface area contributed by atoms with E-state index in [1.165, 1.54) is 0 Å². The van der Waals surface area contributed by atoms with Crippen LogP contribution in [0.5, 0.6) is 5.75 Å². The number of aryl methyl sites for hydroxylation is 1. The van der Waals surface area contributed by atoms with Crippen LogP contribution in [0.2, 0.25) is 0 Å². The van der Waals surface area contributed by atoms with E-state index in [-0.39, 0.29) is 12.0 Å². The number of nitrogens with one attached hydrogen (secondary N) is 1. The van der Waals surface area contributed by atoms with Crippen LogP contribution in [0.15, 0.2) is 18.2 Å². The minimum Gasteiger partial charge on any atom is -0.507 e. The normalized spacial score (nSPS) is 27.6. The van der Waals surface area contributed by atoms with Gasteiger partial charge in [0.15, 0.2) is 0 Å². The molecular formula is C15H23NO2. The highest BCUT2D eigenvalue weighted by molar-refractivity contribution is 5.39. The van der Waals surface area contributed by atoms with Gasteiger partial charge in [0.2, 0.25) is 0 Å². The van der Waals surface area contributed by atoms with E-state index in [1.807, 2.05) is 25.1 Å². The standard InChI is InChI=1S/C15H23NO2/c1-11-5-3-6-12(14(11)18)9-16-13-7-4-8-15(13,2)10-17/h3,5-6,13,16-18H,4,7-10H2,1-2H3. The molecule has 3 nitrogen and oxygen atoms in total. The minimum absolute atomic E-state index is 0.0144. The Morgan fingerprint density at radius 2 is 2.22 bits per heavy atom. The van der Waals surface area contributed by atoms with Crippen LogP contribution < -0.4 is 5.32 Å². The van der Waals surface area contributed by atoms with Gasteiger partial charge in [-0.25, -0.2) is 0 Å². The number of aliphatic hydroxyl groups excluding tert-OH is 1. The molecule has 2 rings (SSSR count). The van der Waals surface area contributed by atoms with Crippen molar-refractivity contribution in [1.82, 2.24) is 5.32 Å². The summed E-state index contributed by atoms with van der Waals surface area (Å²) in [5.41, 5.74) is 1.83. The molecule has 0 aliphatic heterocycles. The molecule has 3 N–H and O–H groups in total. The number of rotatable bonds is 4. The zero-order valence-corrected chi connectivity index (χ0v) is 11.2. The zero-order valence-electron chi connectivity index (χ0n) is 11.2. The van der Waals surface area contributed by atoms with Gasteiger partial charge in [0.25, 0.3) is 0 Å². The van der Waals surface area contributed by atoms with E-state index in [2.05, 4.69) is 12.2 Å². The quantitative estimate of drug-likeness (QED) is 0.767. The van der Waals surface area contributed by atoms with Crippen LogP contribution >= 0.6 is 0 Å². The molecule has 0 saturated heterocycles. The van der Waals surface area contributed by atoms with Crippen molar-refractivity contribution in [3.05, 3.63) is 29.3 Å². The number of phenolic OH excluding ortho intramolecular Hbond substituents is 1. The summed E-state index contributed by atoms with van der Waals surface area (Å²) in [4.78, 5) is 0. The second-order valence-electron chi connectivity index (χ2n) is 5.72. The van der Waals surface area contributed by atoms with Crippen LogP contribution in [-0.4, -0.2) is 22.9 Å². The second kappa shape index (κ2) is 5.29. The first-order chi connectivity index (χ1) is 8.57. The van der Waals surface area contributed by atoms with Gasteiger partial charge >= 0.3 is 0 Å². The number of aliphatic hydroxyl groups is 1. The van der Waals surface area contributed by atoms with E-state index in [0.717, 1.165) is 30.4 Å². The van der Waals surface area contributed by atoms with E-state index in [0.29, 0.717) is 18.3 Å². The van der Waals surface area contributed by atoms with Crippen LogP contribution in [0.25, 0.3) is 0 Å². The summed E-state index contributed by atoms with van der Waals surface area (Å²) in [6, 6.07) is 6.15. The molecule has 1 fully saturated rings. The first kappa shape index (κ1) is 13.4. The number of hydrogen-bond donors (Lipinski definition) is 3. The predicted molar refractivity (Wildman–Crippen MR) is 72.5 cm³/mol. The maximum Gasteiger partial charge on any atom is 0.122 e. The highest BCUT2D eigenvalue weighted by atomic mass is 16.3. The van der Waals surface area contributed by atoms with E-state index in [1.54, 1.807) is 0 Å². The Balaban J connectivity index is 2.01. The number of aromatic hydroxyl groups is 1. The number of benzene rings is 1. The Bertz CT molecular complexity index is 419. The topological polar surface area (TPSA) is 52.5 Å². The van der Waals surface area contributed by atoms with E-state index in [4.69, 9.17) is 0 Å². The molecule has 0 amide bonds. The number of para-hydroxylation sites is 1. The SMILES string of the molecule is Cc1cccc(CNC2CCCC2(C)CO)c1O. The molecule has 0 heterocycles. The fourth-order valence-corrected chi connectivity index (χ4v) is 2.87. The van der Waals surface area contributed by atoms with Gasteiger partial charge in [0.1, 0.15) is 5.75 Å². The summed E-state index contributed by atoms with van der Waals surface area (Å²) < 4.78 is 0. The predicted octanol–water partition coefficient (Wildman–Crippen LogP) is 2.34. The Morgan fingerprint density at radius 3 is 2.94 bits per heavy atom. The Hall–Kier alpha value is -1.06. The highest BCUT2D eigenvalue weighted by Crippen LogP contribution is 2.37. The molecular weight excluding hydrogens is 226 g/mol. The molecule has 1 saturated carbocycles. The maximum atomic E-state index is 9.97. The Morgan fingerprint density at radius 1 is 1.44 bits per heavy atom. The molecule has 1 aromatic rings. The van der Waals surface area contributed by atoms with E-state index < -0.39 is 0 Å². The van der Waals surface area contributed by atoms with Crippen molar-refractivity contribution in [3.63, 3.8) is 0 Å².